The Morgan fingerprint density at radius 1 is 0.842 bits per heavy atom. The molecule has 0 saturated carbocycles. The molecule has 3 aromatic rings. The van der Waals surface area contributed by atoms with Gasteiger partial charge in [-0.3, -0.25) is 0 Å². The quantitative estimate of drug-likeness (QED) is 0.492. The Balaban J connectivity index is 1.17. The Kier molecular flexibility index (Phi) is 7.31. The molecule has 0 bridgehead atoms. The van der Waals surface area contributed by atoms with Crippen molar-refractivity contribution < 1.29 is 9.84 Å². The first-order valence-corrected chi connectivity index (χ1v) is 14.3. The van der Waals surface area contributed by atoms with Crippen molar-refractivity contribution >= 4 is 5.69 Å². The number of hydrogen-bond donors (Lipinski definition) is 1. The van der Waals surface area contributed by atoms with Crippen molar-refractivity contribution in [2.24, 2.45) is 5.92 Å². The number of benzene rings is 3. The van der Waals surface area contributed by atoms with E-state index < -0.39 is 0 Å². The molecule has 0 radical (unpaired) electrons. The maximum atomic E-state index is 10.1. The minimum Gasteiger partial charge on any atom is -0.508 e. The van der Waals surface area contributed by atoms with Crippen LogP contribution in [0.2, 0.25) is 0 Å². The number of nitrogens with zero attached hydrogens (tertiary/aromatic N) is 3. The predicted octanol–water partition coefficient (Wildman–Crippen LogP) is 5.47. The van der Waals surface area contributed by atoms with E-state index in [1.54, 1.807) is 12.1 Å². The van der Waals surface area contributed by atoms with Crippen LogP contribution in [-0.4, -0.2) is 74.4 Å². The van der Waals surface area contributed by atoms with Gasteiger partial charge in [0.15, 0.2) is 0 Å². The summed E-state index contributed by atoms with van der Waals surface area (Å²) in [6.45, 7) is 11.1. The fourth-order valence-corrected chi connectivity index (χ4v) is 6.66. The van der Waals surface area contributed by atoms with Crippen LogP contribution in [0.25, 0.3) is 0 Å². The molecule has 38 heavy (non-hydrogen) atoms. The lowest BCUT2D eigenvalue weighted by Crippen LogP contribution is -2.47. The summed E-state index contributed by atoms with van der Waals surface area (Å²) in [7, 11) is 2.23. The molecular formula is C33H41N3O2. The average Bonchev–Trinajstić information content (AvgIpc) is 2.94. The second kappa shape index (κ2) is 11.0. The molecule has 0 aromatic heterocycles. The van der Waals surface area contributed by atoms with E-state index >= 15 is 0 Å². The third-order valence-electron chi connectivity index (χ3n) is 8.97. The minimum atomic E-state index is 0.185. The van der Waals surface area contributed by atoms with Gasteiger partial charge >= 0.3 is 0 Å². The van der Waals surface area contributed by atoms with Crippen LogP contribution in [0.1, 0.15) is 46.9 Å². The molecule has 6 rings (SSSR count). The Hall–Kier alpha value is -3.02. The number of aromatic hydroxyl groups is 1. The molecule has 3 aliphatic heterocycles. The monoisotopic (exact) mass is 511 g/mol. The number of fused-ring (bicyclic) bond motifs is 1. The maximum Gasteiger partial charge on any atom is 0.126 e. The molecule has 3 aromatic carbocycles. The predicted molar refractivity (Wildman–Crippen MR) is 155 cm³/mol. The lowest BCUT2D eigenvalue weighted by atomic mass is 9.75. The summed E-state index contributed by atoms with van der Waals surface area (Å²) in [5.74, 6) is 2.28. The van der Waals surface area contributed by atoms with Crippen molar-refractivity contribution in [2.45, 2.75) is 31.6 Å². The number of piperidine rings is 1. The second-order valence-electron chi connectivity index (χ2n) is 11.7. The van der Waals surface area contributed by atoms with E-state index in [2.05, 4.69) is 77.2 Å². The van der Waals surface area contributed by atoms with Crippen LogP contribution in [0, 0.1) is 12.8 Å². The Morgan fingerprint density at radius 3 is 2.34 bits per heavy atom. The number of ether oxygens (including phenoxy) is 1. The number of likely N-dealkylation sites (N-methyl/N-ethyl adjacent to an activating group) is 1. The highest BCUT2D eigenvalue weighted by atomic mass is 16.5. The highest BCUT2D eigenvalue weighted by Gasteiger charge is 2.34. The van der Waals surface area contributed by atoms with Gasteiger partial charge in [-0.05, 0) is 62.1 Å². The topological polar surface area (TPSA) is 39.2 Å². The van der Waals surface area contributed by atoms with E-state index in [1.807, 2.05) is 6.07 Å². The van der Waals surface area contributed by atoms with Crippen molar-refractivity contribution in [3.05, 3.63) is 89.0 Å². The summed E-state index contributed by atoms with van der Waals surface area (Å²) in [5, 5.41) is 10.1. The lowest BCUT2D eigenvalue weighted by molar-refractivity contribution is 0.129. The fourth-order valence-electron chi connectivity index (χ4n) is 6.66. The van der Waals surface area contributed by atoms with Gasteiger partial charge in [0, 0.05) is 75.0 Å². The molecule has 200 valence electrons. The summed E-state index contributed by atoms with van der Waals surface area (Å²) >= 11 is 0. The Labute approximate surface area is 227 Å². The van der Waals surface area contributed by atoms with Gasteiger partial charge in [0.05, 0.1) is 6.61 Å². The molecule has 0 aliphatic carbocycles. The minimum absolute atomic E-state index is 0.185. The molecule has 1 N–H and O–H groups in total. The number of anilines is 1. The van der Waals surface area contributed by atoms with Gasteiger partial charge < -0.3 is 24.5 Å². The fraction of sp³-hybridized carbons (Fsp3) is 0.455. The van der Waals surface area contributed by atoms with Crippen molar-refractivity contribution in [3.8, 4) is 11.5 Å². The first kappa shape index (κ1) is 25.3. The first-order chi connectivity index (χ1) is 18.5. The summed E-state index contributed by atoms with van der Waals surface area (Å²) in [6.07, 6.45) is 2.56. The van der Waals surface area contributed by atoms with Crippen molar-refractivity contribution in [1.82, 2.24) is 9.80 Å². The van der Waals surface area contributed by atoms with E-state index in [4.69, 9.17) is 4.74 Å². The van der Waals surface area contributed by atoms with Crippen LogP contribution in [0.5, 0.6) is 11.5 Å². The lowest BCUT2D eigenvalue weighted by Gasteiger charge is -2.39. The molecule has 2 unspecified atom stereocenters. The maximum absolute atomic E-state index is 10.1. The number of phenols is 1. The normalized spacial score (nSPS) is 23.2. The average molecular weight is 512 g/mol. The molecule has 5 nitrogen and oxygen atoms in total. The molecule has 5 heteroatoms. The van der Waals surface area contributed by atoms with E-state index in [9.17, 15) is 5.11 Å². The zero-order valence-electron chi connectivity index (χ0n) is 22.9. The Bertz CT molecular complexity index is 1230. The van der Waals surface area contributed by atoms with Gasteiger partial charge in [-0.1, -0.05) is 48.0 Å². The van der Waals surface area contributed by atoms with Crippen molar-refractivity contribution in [1.29, 1.82) is 0 Å². The number of piperazine rings is 1. The number of aryl methyl sites for hydroxylation is 1. The first-order valence-electron chi connectivity index (χ1n) is 14.3. The number of phenolic OH excluding ortho intramolecular Hbond substituents is 1. The molecule has 2 atom stereocenters. The standard InChI is InChI=1S/C33H41N3O2/c1-24-4-3-5-27(20-24)31-23-38-32-21-29(37)10-11-30(32)33(31)26-6-8-28(9-7-26)36-14-12-25(13-15-36)22-35-18-16-34(2)17-19-35/h3-11,20-21,25,31,33,37H,12-19,22-23H2,1-2H3. The molecule has 0 spiro atoms. The number of hydrogen-bond acceptors (Lipinski definition) is 5. The van der Waals surface area contributed by atoms with Gasteiger partial charge in [0.2, 0.25) is 0 Å². The molecule has 0 amide bonds. The van der Waals surface area contributed by atoms with Gasteiger partial charge in [0.25, 0.3) is 0 Å². The molecule has 3 aliphatic rings. The summed E-state index contributed by atoms with van der Waals surface area (Å²) in [6, 6.07) is 23.7. The van der Waals surface area contributed by atoms with E-state index in [0.717, 1.165) is 30.3 Å². The van der Waals surface area contributed by atoms with Gasteiger partial charge in [-0.25, -0.2) is 0 Å². The van der Waals surface area contributed by atoms with Crippen molar-refractivity contribution in [3.63, 3.8) is 0 Å². The van der Waals surface area contributed by atoms with Gasteiger partial charge in [-0.15, -0.1) is 0 Å². The van der Waals surface area contributed by atoms with E-state index in [0.29, 0.717) is 6.61 Å². The molecule has 2 saturated heterocycles. The van der Waals surface area contributed by atoms with Crippen LogP contribution in [0.4, 0.5) is 5.69 Å². The third kappa shape index (κ3) is 5.41. The largest absolute Gasteiger partial charge is 0.508 e. The highest BCUT2D eigenvalue weighted by molar-refractivity contribution is 5.54. The van der Waals surface area contributed by atoms with Crippen LogP contribution in [0.3, 0.4) is 0 Å². The summed E-state index contributed by atoms with van der Waals surface area (Å²) < 4.78 is 6.18. The van der Waals surface area contributed by atoms with Crippen molar-refractivity contribution in [2.75, 3.05) is 64.4 Å². The van der Waals surface area contributed by atoms with Gasteiger partial charge in [0.1, 0.15) is 11.5 Å². The van der Waals surface area contributed by atoms with Gasteiger partial charge in [-0.2, -0.15) is 0 Å². The van der Waals surface area contributed by atoms with Crippen LogP contribution >= 0.6 is 0 Å². The van der Waals surface area contributed by atoms with E-state index in [-0.39, 0.29) is 17.6 Å². The summed E-state index contributed by atoms with van der Waals surface area (Å²) in [4.78, 5) is 7.68. The molecule has 3 heterocycles. The van der Waals surface area contributed by atoms with Crippen LogP contribution < -0.4 is 9.64 Å². The highest BCUT2D eigenvalue weighted by Crippen LogP contribution is 2.47. The number of rotatable bonds is 5. The van der Waals surface area contributed by atoms with Crippen LogP contribution in [0.15, 0.2) is 66.7 Å². The third-order valence-corrected chi connectivity index (χ3v) is 8.97. The zero-order valence-corrected chi connectivity index (χ0v) is 22.9. The SMILES string of the molecule is Cc1cccc(C2COc3cc(O)ccc3C2c2ccc(N3CCC(CN4CCN(C)CC4)CC3)cc2)c1. The summed E-state index contributed by atoms with van der Waals surface area (Å²) in [5.41, 5.74) is 6.36. The Morgan fingerprint density at radius 2 is 1.61 bits per heavy atom. The molecule has 2 fully saturated rings. The second-order valence-corrected chi connectivity index (χ2v) is 11.7. The van der Waals surface area contributed by atoms with E-state index in [1.165, 1.54) is 67.9 Å². The molecular weight excluding hydrogens is 470 g/mol. The van der Waals surface area contributed by atoms with Crippen LogP contribution in [-0.2, 0) is 0 Å². The zero-order chi connectivity index (χ0) is 26.1. The smallest absolute Gasteiger partial charge is 0.126 e.